The molecule has 0 spiro atoms. The molecule has 1 N–H and O–H groups in total. The summed E-state index contributed by atoms with van der Waals surface area (Å²) in [7, 11) is 0. The number of nitrogens with zero attached hydrogens (tertiary/aromatic N) is 5. The molecule has 0 aliphatic carbocycles. The number of piperazine rings is 2. The first kappa shape index (κ1) is 15.3. The number of carbonyl (C=O) groups excluding carboxylic acids is 1. The average molecular weight is 290 g/mol. The van der Waals surface area contributed by atoms with Crippen LogP contribution in [0.5, 0.6) is 0 Å². The molecule has 0 radical (unpaired) electrons. The zero-order chi connectivity index (χ0) is 15.5. The highest BCUT2D eigenvalue weighted by atomic mass is 16.2. The lowest BCUT2D eigenvalue weighted by Gasteiger charge is -2.51. The van der Waals surface area contributed by atoms with E-state index in [2.05, 4.69) is 21.3 Å². The van der Waals surface area contributed by atoms with Crippen LogP contribution in [0.3, 0.4) is 0 Å². The molecule has 1 unspecified atom stereocenters. The molecule has 2 aliphatic heterocycles. The molecule has 2 saturated heterocycles. The maximum atomic E-state index is 12.7. The predicted molar refractivity (Wildman–Crippen MR) is 79.5 cm³/mol. The molecule has 1 aromatic heterocycles. The minimum atomic E-state index is -0.628. The van der Waals surface area contributed by atoms with Gasteiger partial charge in [0.15, 0.2) is 6.19 Å². The third kappa shape index (κ3) is 2.59. The maximum Gasteiger partial charge on any atom is 0.250 e. The summed E-state index contributed by atoms with van der Waals surface area (Å²) in [4.78, 5) is 18.3. The number of nitrogens with one attached hydrogen (secondary N) is 1. The lowest BCUT2D eigenvalue weighted by Crippen LogP contribution is -2.71. The van der Waals surface area contributed by atoms with E-state index in [4.69, 9.17) is 5.26 Å². The summed E-state index contributed by atoms with van der Waals surface area (Å²) in [6, 6.07) is 1.79. The van der Waals surface area contributed by atoms with E-state index in [1.54, 1.807) is 22.1 Å². The molecule has 2 fully saturated rings. The van der Waals surface area contributed by atoms with Crippen LogP contribution >= 0.6 is 0 Å². The molecule has 3 rings (SSSR count). The molecule has 1 aromatic rings. The second-order valence-corrected chi connectivity index (χ2v) is 5.18. The average Bonchev–Trinajstić information content (AvgIpc) is 3.04. The molecule has 1 atom stereocenters. The number of hydrogen-bond acceptors (Lipinski definition) is 5. The smallest absolute Gasteiger partial charge is 0.250 e. The molecule has 0 saturated carbocycles. The number of amides is 1. The van der Waals surface area contributed by atoms with E-state index in [1.165, 1.54) is 0 Å². The zero-order valence-electron chi connectivity index (χ0n) is 12.8. The first-order chi connectivity index (χ1) is 10.1. The van der Waals surface area contributed by atoms with Crippen molar-refractivity contribution in [1.29, 1.82) is 5.26 Å². The second-order valence-electron chi connectivity index (χ2n) is 5.18. The van der Waals surface area contributed by atoms with Gasteiger partial charge in [-0.2, -0.15) is 10.4 Å². The lowest BCUT2D eigenvalue weighted by atomic mass is 9.92. The van der Waals surface area contributed by atoms with Crippen LogP contribution < -0.4 is 4.90 Å². The summed E-state index contributed by atoms with van der Waals surface area (Å²) in [5, 5.41) is 15.8. The Labute approximate surface area is 125 Å². The first-order valence-electron chi connectivity index (χ1n) is 7.36. The molecule has 114 valence electrons. The second kappa shape index (κ2) is 6.14. The van der Waals surface area contributed by atoms with Gasteiger partial charge >= 0.3 is 0 Å². The van der Waals surface area contributed by atoms with Crippen LogP contribution in [-0.2, 0) is 4.79 Å². The maximum absolute atomic E-state index is 12.7. The van der Waals surface area contributed by atoms with Crippen LogP contribution in [0.2, 0.25) is 0 Å². The fourth-order valence-corrected chi connectivity index (χ4v) is 2.93. The fraction of sp³-hybridized carbons (Fsp3) is 0.643. The number of aromatic amines is 1. The van der Waals surface area contributed by atoms with E-state index in [0.29, 0.717) is 19.6 Å². The predicted octanol–water partition coefficient (Wildman–Crippen LogP) is 0.640. The number of aromatic nitrogens is 2. The highest BCUT2D eigenvalue weighted by molar-refractivity contribution is 6.00. The number of nitriles is 1. The molecule has 7 heteroatoms. The van der Waals surface area contributed by atoms with Crippen molar-refractivity contribution in [2.24, 2.45) is 0 Å². The van der Waals surface area contributed by atoms with Gasteiger partial charge in [-0.05, 0) is 6.92 Å². The Morgan fingerprint density at radius 2 is 2.05 bits per heavy atom. The van der Waals surface area contributed by atoms with Crippen LogP contribution in [0, 0.1) is 11.5 Å². The van der Waals surface area contributed by atoms with Gasteiger partial charge in [0.1, 0.15) is 11.4 Å². The molecular formula is C14H22N6O. The van der Waals surface area contributed by atoms with Crippen molar-refractivity contribution >= 4 is 11.7 Å². The van der Waals surface area contributed by atoms with Crippen molar-refractivity contribution in [1.82, 2.24) is 20.0 Å². The van der Waals surface area contributed by atoms with Gasteiger partial charge in [-0.3, -0.25) is 19.7 Å². The minimum absolute atomic E-state index is 0.0305. The molecule has 2 aliphatic rings. The van der Waals surface area contributed by atoms with Crippen LogP contribution in [0.4, 0.5) is 5.82 Å². The Hall–Kier alpha value is -2.07. The van der Waals surface area contributed by atoms with E-state index in [1.807, 2.05) is 20.8 Å². The van der Waals surface area contributed by atoms with E-state index in [-0.39, 0.29) is 5.91 Å². The normalized spacial score (nSPS) is 25.7. The van der Waals surface area contributed by atoms with E-state index < -0.39 is 5.54 Å². The molecule has 3 heterocycles. The number of H-pyrrole nitrogens is 1. The van der Waals surface area contributed by atoms with Crippen LogP contribution in [0.15, 0.2) is 12.3 Å². The Morgan fingerprint density at radius 1 is 1.33 bits per heavy atom. The number of carbonyl (C=O) groups is 1. The van der Waals surface area contributed by atoms with E-state index in [0.717, 1.165) is 18.9 Å². The largest absolute Gasteiger partial charge is 0.307 e. The van der Waals surface area contributed by atoms with Gasteiger partial charge < -0.3 is 4.90 Å². The molecule has 0 bridgehead atoms. The number of fused-ring (bicyclic) bond motifs is 1. The van der Waals surface area contributed by atoms with Gasteiger partial charge in [0.25, 0.3) is 0 Å². The van der Waals surface area contributed by atoms with Crippen molar-refractivity contribution in [3.8, 4) is 6.19 Å². The monoisotopic (exact) mass is 290 g/mol. The molecule has 7 nitrogen and oxygen atoms in total. The number of anilines is 1. The summed E-state index contributed by atoms with van der Waals surface area (Å²) in [5.41, 5.74) is -0.628. The Morgan fingerprint density at radius 3 is 2.67 bits per heavy atom. The third-order valence-electron chi connectivity index (χ3n) is 4.05. The van der Waals surface area contributed by atoms with Crippen molar-refractivity contribution in [2.45, 2.75) is 26.3 Å². The van der Waals surface area contributed by atoms with E-state index in [9.17, 15) is 4.79 Å². The zero-order valence-corrected chi connectivity index (χ0v) is 12.8. The Kier molecular flexibility index (Phi) is 4.48. The minimum Gasteiger partial charge on any atom is -0.307 e. The van der Waals surface area contributed by atoms with E-state index >= 15 is 0 Å². The van der Waals surface area contributed by atoms with Gasteiger partial charge in [0.05, 0.1) is 12.7 Å². The Balaban J connectivity index is 0.000000774. The first-order valence-corrected chi connectivity index (χ1v) is 7.36. The summed E-state index contributed by atoms with van der Waals surface area (Å²) < 4.78 is 0. The molecule has 1 amide bonds. The highest BCUT2D eigenvalue weighted by Gasteiger charge is 2.49. The molecule has 21 heavy (non-hydrogen) atoms. The fourth-order valence-electron chi connectivity index (χ4n) is 2.93. The summed E-state index contributed by atoms with van der Waals surface area (Å²) in [5.74, 6) is 0.753. The molecule has 0 aromatic carbocycles. The van der Waals surface area contributed by atoms with Crippen LogP contribution in [0.25, 0.3) is 0 Å². The summed E-state index contributed by atoms with van der Waals surface area (Å²) in [6.07, 6.45) is 3.79. The van der Waals surface area contributed by atoms with Gasteiger partial charge in [-0.1, -0.05) is 13.8 Å². The van der Waals surface area contributed by atoms with Crippen LogP contribution in [-0.4, -0.2) is 64.2 Å². The number of hydrogen-bond donors (Lipinski definition) is 1. The quantitative estimate of drug-likeness (QED) is 0.768. The molecular weight excluding hydrogens is 268 g/mol. The number of rotatable bonds is 1. The SMILES string of the molecule is CC.CC12CN(C#N)CCN1CCN(c1ccn[nH]1)C2=O. The van der Waals surface area contributed by atoms with Crippen molar-refractivity contribution in [3.05, 3.63) is 12.3 Å². The van der Waals surface area contributed by atoms with Crippen molar-refractivity contribution < 1.29 is 4.79 Å². The summed E-state index contributed by atoms with van der Waals surface area (Å²) >= 11 is 0. The Bertz CT molecular complexity index is 522. The van der Waals surface area contributed by atoms with Gasteiger partial charge in [0, 0.05) is 32.2 Å². The van der Waals surface area contributed by atoms with Crippen molar-refractivity contribution in [3.63, 3.8) is 0 Å². The van der Waals surface area contributed by atoms with Gasteiger partial charge in [0.2, 0.25) is 5.91 Å². The van der Waals surface area contributed by atoms with Gasteiger partial charge in [-0.15, -0.1) is 0 Å². The highest BCUT2D eigenvalue weighted by Crippen LogP contribution is 2.29. The third-order valence-corrected chi connectivity index (χ3v) is 4.05. The van der Waals surface area contributed by atoms with Gasteiger partial charge in [-0.25, -0.2) is 0 Å². The van der Waals surface area contributed by atoms with Crippen LogP contribution in [0.1, 0.15) is 20.8 Å². The summed E-state index contributed by atoms with van der Waals surface area (Å²) in [6.45, 7) is 9.30. The lowest BCUT2D eigenvalue weighted by molar-refractivity contribution is -0.136. The topological polar surface area (TPSA) is 79.3 Å². The standard InChI is InChI=1S/C12H16N6O.C2H6/c1-12-8-16(9-13)4-5-17(12)6-7-18(11(12)19)10-2-3-14-15-10;1-2/h2-3H,4-8H2,1H3,(H,14,15);1-2H3. The van der Waals surface area contributed by atoms with Crippen molar-refractivity contribution in [2.75, 3.05) is 37.6 Å².